The van der Waals surface area contributed by atoms with E-state index in [0.29, 0.717) is 19.4 Å². The minimum atomic E-state index is -1.57. The first-order valence-electron chi connectivity index (χ1n) is 32.5. The second-order valence-electron chi connectivity index (χ2n) is 22.8. The summed E-state index contributed by atoms with van der Waals surface area (Å²) in [7, 11) is 0. The van der Waals surface area contributed by atoms with Crippen molar-refractivity contribution in [3.63, 3.8) is 0 Å². The number of aliphatic hydroxyl groups excluding tert-OH is 5. The molecule has 1 amide bonds. The number of carbonyl (C=O) groups excluding carboxylic acids is 2. The van der Waals surface area contributed by atoms with Gasteiger partial charge in [-0.15, -0.1) is 0 Å². The van der Waals surface area contributed by atoms with Gasteiger partial charge in [-0.05, 0) is 32.1 Å². The predicted molar refractivity (Wildman–Crippen MR) is 311 cm³/mol. The van der Waals surface area contributed by atoms with E-state index in [0.717, 1.165) is 51.4 Å². The minimum absolute atomic E-state index is 0.00862. The summed E-state index contributed by atoms with van der Waals surface area (Å²) in [6.07, 6.45) is 54.9. The van der Waals surface area contributed by atoms with Crippen molar-refractivity contribution in [2.24, 2.45) is 0 Å². The lowest BCUT2D eigenvalue weighted by Crippen LogP contribution is -2.60. The van der Waals surface area contributed by atoms with Crippen LogP contribution in [-0.4, -0.2) is 100 Å². The highest BCUT2D eigenvalue weighted by Gasteiger charge is 2.44. The number of rotatable bonds is 57. The zero-order chi connectivity index (χ0) is 54.5. The molecule has 0 aromatic heterocycles. The van der Waals surface area contributed by atoms with E-state index in [9.17, 15) is 35.1 Å². The zero-order valence-corrected chi connectivity index (χ0v) is 49.0. The summed E-state index contributed by atoms with van der Waals surface area (Å²) in [4.78, 5) is 25.0. The van der Waals surface area contributed by atoms with Crippen LogP contribution in [0.3, 0.4) is 0 Å². The third-order valence-corrected chi connectivity index (χ3v) is 15.7. The predicted octanol–water partition coefficient (Wildman–Crippen LogP) is 15.5. The van der Waals surface area contributed by atoms with Crippen LogP contribution < -0.4 is 5.32 Å². The fourth-order valence-corrected chi connectivity index (χ4v) is 10.5. The summed E-state index contributed by atoms with van der Waals surface area (Å²) in [5, 5.41) is 54.2. The van der Waals surface area contributed by atoms with E-state index in [1.807, 2.05) is 6.08 Å². The fourth-order valence-electron chi connectivity index (χ4n) is 10.5. The summed E-state index contributed by atoms with van der Waals surface area (Å²) in [5.74, 6) is -0.171. The van der Waals surface area contributed by atoms with Crippen LogP contribution in [0.5, 0.6) is 0 Å². The van der Waals surface area contributed by atoms with Gasteiger partial charge in [0.15, 0.2) is 6.29 Å². The van der Waals surface area contributed by atoms with Crippen LogP contribution in [-0.2, 0) is 23.8 Å². The molecule has 7 unspecified atom stereocenters. The molecular weight excluding hydrogens is 943 g/mol. The summed E-state index contributed by atoms with van der Waals surface area (Å²) >= 11 is 0. The zero-order valence-electron chi connectivity index (χ0n) is 49.0. The van der Waals surface area contributed by atoms with E-state index in [-0.39, 0.29) is 18.5 Å². The lowest BCUT2D eigenvalue weighted by Gasteiger charge is -2.40. The Labute approximate surface area is 461 Å². The quantitative estimate of drug-likeness (QED) is 0.0195. The summed E-state index contributed by atoms with van der Waals surface area (Å²) in [5.41, 5.74) is 0. The average Bonchev–Trinajstić information content (AvgIpc) is 3.41. The summed E-state index contributed by atoms with van der Waals surface area (Å²) in [6.45, 7) is 4.34. The van der Waals surface area contributed by atoms with Crippen molar-refractivity contribution >= 4 is 11.9 Å². The molecule has 11 nitrogen and oxygen atoms in total. The van der Waals surface area contributed by atoms with Crippen LogP contribution >= 0.6 is 0 Å². The monoisotopic (exact) mass is 1070 g/mol. The van der Waals surface area contributed by atoms with Crippen LogP contribution in [0.4, 0.5) is 0 Å². The molecule has 1 aliphatic rings. The first-order chi connectivity index (χ1) is 36.7. The second kappa shape index (κ2) is 54.4. The third-order valence-electron chi connectivity index (χ3n) is 15.7. The van der Waals surface area contributed by atoms with Gasteiger partial charge in [-0.2, -0.15) is 0 Å². The molecule has 6 N–H and O–H groups in total. The van der Waals surface area contributed by atoms with Crippen LogP contribution in [0.15, 0.2) is 12.2 Å². The van der Waals surface area contributed by atoms with Crippen LogP contribution in [0, 0.1) is 0 Å². The van der Waals surface area contributed by atoms with E-state index >= 15 is 0 Å². The highest BCUT2D eigenvalue weighted by Crippen LogP contribution is 2.23. The molecule has 0 aromatic rings. The molecule has 1 heterocycles. The number of esters is 1. The average molecular weight is 1070 g/mol. The van der Waals surface area contributed by atoms with E-state index < -0.39 is 49.5 Å². The maximum absolute atomic E-state index is 13.0. The van der Waals surface area contributed by atoms with Gasteiger partial charge < -0.3 is 45.1 Å². The minimum Gasteiger partial charge on any atom is -0.466 e. The number of allylic oxidation sites excluding steroid dienone is 1. The van der Waals surface area contributed by atoms with E-state index in [4.69, 9.17) is 14.2 Å². The van der Waals surface area contributed by atoms with Gasteiger partial charge in [0.1, 0.15) is 24.4 Å². The molecule has 0 bridgehead atoms. The van der Waals surface area contributed by atoms with E-state index in [2.05, 4.69) is 19.2 Å². The third kappa shape index (κ3) is 43.9. The molecule has 1 saturated heterocycles. The Kier molecular flexibility index (Phi) is 51.8. The highest BCUT2D eigenvalue weighted by atomic mass is 16.7. The van der Waals surface area contributed by atoms with Crippen molar-refractivity contribution < 1.29 is 49.3 Å². The molecule has 11 heteroatoms. The highest BCUT2D eigenvalue weighted by molar-refractivity contribution is 5.76. The molecule has 0 saturated carbocycles. The Bertz CT molecular complexity index is 1250. The Morgan fingerprint density at radius 3 is 1.24 bits per heavy atom. The molecule has 1 aliphatic heterocycles. The second-order valence-corrected chi connectivity index (χ2v) is 22.8. The molecule has 0 spiro atoms. The van der Waals surface area contributed by atoms with Crippen LogP contribution in [0.25, 0.3) is 0 Å². The number of nitrogens with one attached hydrogen (secondary N) is 1. The summed E-state index contributed by atoms with van der Waals surface area (Å²) < 4.78 is 16.7. The van der Waals surface area contributed by atoms with Crippen molar-refractivity contribution in [3.8, 4) is 0 Å². The number of carbonyl (C=O) groups is 2. The van der Waals surface area contributed by atoms with Crippen molar-refractivity contribution in [3.05, 3.63) is 12.2 Å². The molecule has 0 aliphatic carbocycles. The smallest absolute Gasteiger partial charge is 0.305 e. The van der Waals surface area contributed by atoms with E-state index in [1.165, 1.54) is 244 Å². The molecule has 444 valence electrons. The van der Waals surface area contributed by atoms with Gasteiger partial charge in [0, 0.05) is 12.8 Å². The first kappa shape index (κ1) is 71.4. The molecule has 0 aromatic carbocycles. The van der Waals surface area contributed by atoms with Gasteiger partial charge in [-0.25, -0.2) is 0 Å². The number of hydrogen-bond acceptors (Lipinski definition) is 10. The van der Waals surface area contributed by atoms with Crippen molar-refractivity contribution in [2.75, 3.05) is 19.8 Å². The standard InChI is InChI=1S/C64H123NO10/c1-3-5-7-9-11-13-31-36-40-44-48-52-60(69)73-53-49-45-41-37-33-30-28-26-24-22-20-18-16-14-15-17-19-21-23-25-27-29-32-35-39-43-47-51-59(68)65-56(57(67)50-46-42-38-34-12-10-8-6-4-2)55-74-64-63(72)62(71)61(70)58(54-66)75-64/h46,50,56-58,61-64,66-67,70-72H,3-45,47-49,51-55H2,1-2H3,(H,65,68)/b50-46+. The number of unbranched alkanes of at least 4 members (excludes halogenated alkanes) is 43. The lowest BCUT2D eigenvalue weighted by molar-refractivity contribution is -0.302. The van der Waals surface area contributed by atoms with Gasteiger partial charge in [0.05, 0.1) is 32.0 Å². The Morgan fingerprint density at radius 2 is 0.840 bits per heavy atom. The van der Waals surface area contributed by atoms with Crippen LogP contribution in [0.2, 0.25) is 0 Å². The molecule has 75 heavy (non-hydrogen) atoms. The topological polar surface area (TPSA) is 175 Å². The lowest BCUT2D eigenvalue weighted by atomic mass is 9.99. The Balaban J connectivity index is 1.94. The normalized spacial score (nSPS) is 18.7. The largest absolute Gasteiger partial charge is 0.466 e. The van der Waals surface area contributed by atoms with Gasteiger partial charge in [-0.1, -0.05) is 289 Å². The van der Waals surface area contributed by atoms with E-state index in [1.54, 1.807) is 6.08 Å². The maximum Gasteiger partial charge on any atom is 0.305 e. The van der Waals surface area contributed by atoms with Crippen molar-refractivity contribution in [1.29, 1.82) is 0 Å². The molecule has 0 radical (unpaired) electrons. The number of amides is 1. The molecular formula is C64H123NO10. The van der Waals surface area contributed by atoms with Gasteiger partial charge in [0.2, 0.25) is 5.91 Å². The number of ether oxygens (including phenoxy) is 3. The van der Waals surface area contributed by atoms with Crippen molar-refractivity contribution in [1.82, 2.24) is 5.32 Å². The molecule has 7 atom stereocenters. The SMILES string of the molecule is CCCCCCCCC/C=C/C(O)C(COC1OC(CO)C(O)C(O)C1O)NC(=O)CCCCCCCCCCCCCCCCCCCCCCCCCCCCCOC(=O)CCCCCCCCCCCCC. The summed E-state index contributed by atoms with van der Waals surface area (Å²) in [6, 6.07) is -0.805. The van der Waals surface area contributed by atoms with Crippen molar-refractivity contribution in [2.45, 2.75) is 365 Å². The van der Waals surface area contributed by atoms with Crippen LogP contribution in [0.1, 0.15) is 322 Å². The number of hydrogen-bond donors (Lipinski definition) is 6. The maximum atomic E-state index is 13.0. The van der Waals surface area contributed by atoms with Gasteiger partial charge in [0.25, 0.3) is 0 Å². The van der Waals surface area contributed by atoms with Gasteiger partial charge in [-0.3, -0.25) is 9.59 Å². The molecule has 1 fully saturated rings. The first-order valence-corrected chi connectivity index (χ1v) is 32.5. The van der Waals surface area contributed by atoms with Gasteiger partial charge >= 0.3 is 5.97 Å². The molecule has 1 rings (SSSR count). The fraction of sp³-hybridized carbons (Fsp3) is 0.938. The Hall–Kier alpha value is -1.60. The number of aliphatic hydroxyl groups is 5. The Morgan fingerprint density at radius 1 is 0.480 bits per heavy atom.